The molecule has 8 heteroatoms. The van der Waals surface area contributed by atoms with Gasteiger partial charge < -0.3 is 10.1 Å². The van der Waals surface area contributed by atoms with Crippen LogP contribution in [-0.2, 0) is 19.1 Å². The van der Waals surface area contributed by atoms with Gasteiger partial charge in [-0.1, -0.05) is 23.7 Å². The van der Waals surface area contributed by atoms with Crippen molar-refractivity contribution >= 4 is 46.7 Å². The summed E-state index contributed by atoms with van der Waals surface area (Å²) in [6, 6.07) is 11.3. The summed E-state index contributed by atoms with van der Waals surface area (Å²) in [7, 11) is 0. The normalized spacial score (nSPS) is 25.3. The minimum atomic E-state index is -0.715. The number of halogens is 1. The van der Waals surface area contributed by atoms with Crippen LogP contribution < -0.4 is 10.2 Å². The van der Waals surface area contributed by atoms with Crippen LogP contribution in [0.1, 0.15) is 35.2 Å². The second kappa shape index (κ2) is 8.30. The van der Waals surface area contributed by atoms with E-state index in [9.17, 15) is 19.2 Å². The van der Waals surface area contributed by atoms with Gasteiger partial charge in [-0.2, -0.15) is 0 Å². The van der Waals surface area contributed by atoms with E-state index >= 15 is 0 Å². The van der Waals surface area contributed by atoms with E-state index in [-0.39, 0.29) is 41.0 Å². The van der Waals surface area contributed by atoms with Crippen molar-refractivity contribution in [2.75, 3.05) is 16.8 Å². The van der Waals surface area contributed by atoms with Crippen LogP contribution in [0.15, 0.2) is 42.5 Å². The van der Waals surface area contributed by atoms with Gasteiger partial charge in [-0.05, 0) is 73.9 Å². The molecule has 0 spiro atoms. The maximum Gasteiger partial charge on any atom is 0.338 e. The first-order valence-electron chi connectivity index (χ1n) is 11.0. The van der Waals surface area contributed by atoms with Crippen LogP contribution in [0.4, 0.5) is 11.4 Å². The van der Waals surface area contributed by atoms with E-state index in [1.54, 1.807) is 30.3 Å². The molecule has 2 aliphatic carbocycles. The molecule has 3 aliphatic rings. The van der Waals surface area contributed by atoms with Gasteiger partial charge in [0.15, 0.2) is 6.61 Å². The molecule has 2 bridgehead atoms. The summed E-state index contributed by atoms with van der Waals surface area (Å²) in [6.45, 7) is 1.37. The minimum absolute atomic E-state index is 0.166. The van der Waals surface area contributed by atoms with Crippen molar-refractivity contribution in [3.63, 3.8) is 0 Å². The molecule has 1 N–H and O–H groups in total. The van der Waals surface area contributed by atoms with E-state index in [0.29, 0.717) is 16.4 Å². The van der Waals surface area contributed by atoms with Gasteiger partial charge in [0, 0.05) is 10.7 Å². The number of esters is 1. The van der Waals surface area contributed by atoms with Gasteiger partial charge in [0.1, 0.15) is 0 Å². The molecule has 170 valence electrons. The molecule has 1 heterocycles. The lowest BCUT2D eigenvalue weighted by molar-refractivity contribution is -0.123. The minimum Gasteiger partial charge on any atom is -0.452 e. The van der Waals surface area contributed by atoms with Crippen LogP contribution in [0.3, 0.4) is 0 Å². The first kappa shape index (κ1) is 21.6. The molecule has 5 rings (SSSR count). The number of anilines is 2. The van der Waals surface area contributed by atoms with E-state index in [1.807, 2.05) is 6.92 Å². The van der Waals surface area contributed by atoms with Crippen LogP contribution in [0, 0.1) is 30.6 Å². The summed E-state index contributed by atoms with van der Waals surface area (Å²) in [5.74, 6) is -1.44. The molecule has 2 aromatic carbocycles. The first-order chi connectivity index (χ1) is 15.8. The average Bonchev–Trinajstić information content (AvgIpc) is 3.48. The number of nitrogens with one attached hydrogen (secondary N) is 1. The fourth-order valence-electron chi connectivity index (χ4n) is 5.52. The lowest BCUT2D eigenvalue weighted by atomic mass is 9.81. The molecule has 3 fully saturated rings. The Kier molecular flexibility index (Phi) is 5.44. The molecule has 2 saturated carbocycles. The Morgan fingerprint density at radius 3 is 2.42 bits per heavy atom. The Hall–Kier alpha value is -3.19. The van der Waals surface area contributed by atoms with Crippen molar-refractivity contribution in [2.24, 2.45) is 23.7 Å². The van der Waals surface area contributed by atoms with Crippen LogP contribution in [0.2, 0.25) is 5.02 Å². The molecular weight excluding hydrogens is 444 g/mol. The topological polar surface area (TPSA) is 92.8 Å². The number of ether oxygens (including phenoxy) is 1. The molecule has 33 heavy (non-hydrogen) atoms. The zero-order valence-corrected chi connectivity index (χ0v) is 18.8. The smallest absolute Gasteiger partial charge is 0.338 e. The maximum absolute atomic E-state index is 13.0. The van der Waals surface area contributed by atoms with Gasteiger partial charge in [0.2, 0.25) is 11.8 Å². The standard InChI is InChI=1S/C25H23ClN2O5/c1-13-5-8-17(11-19(13)26)27-20(29)12-33-25(32)16-3-2-4-18(10-16)28-23(30)21-14-6-7-15(9-14)22(21)24(28)31/h2-5,8,10-11,14-15,21-22H,6-7,9,12H2,1H3,(H,27,29)/t14-,15-,21+,22+/m0/s1. The Labute approximate surface area is 196 Å². The molecule has 7 nitrogen and oxygen atoms in total. The van der Waals surface area contributed by atoms with Gasteiger partial charge >= 0.3 is 5.97 Å². The predicted octanol–water partition coefficient (Wildman–Crippen LogP) is 3.98. The van der Waals surface area contributed by atoms with Crippen LogP contribution in [0.25, 0.3) is 0 Å². The monoisotopic (exact) mass is 466 g/mol. The molecule has 0 radical (unpaired) electrons. The summed E-state index contributed by atoms with van der Waals surface area (Å²) in [4.78, 5) is 52.0. The van der Waals surface area contributed by atoms with Gasteiger partial charge in [-0.3, -0.25) is 19.3 Å². The fourth-order valence-corrected chi connectivity index (χ4v) is 5.70. The number of carbonyl (C=O) groups is 4. The largest absolute Gasteiger partial charge is 0.452 e. The quantitative estimate of drug-likeness (QED) is 0.531. The van der Waals surface area contributed by atoms with Crippen molar-refractivity contribution in [1.82, 2.24) is 0 Å². The SMILES string of the molecule is Cc1ccc(NC(=O)COC(=O)c2cccc(N3C(=O)[C@@H]4[C@H]5CC[C@@H](C5)[C@H]4C3=O)c2)cc1Cl. The maximum atomic E-state index is 13.0. The Balaban J connectivity index is 1.24. The van der Waals surface area contributed by atoms with E-state index < -0.39 is 18.5 Å². The Bertz CT molecular complexity index is 1150. The number of benzene rings is 2. The molecule has 2 aromatic rings. The van der Waals surface area contributed by atoms with Crippen molar-refractivity contribution in [1.29, 1.82) is 0 Å². The number of aryl methyl sites for hydroxylation is 1. The average molecular weight is 467 g/mol. The van der Waals surface area contributed by atoms with Crippen molar-refractivity contribution < 1.29 is 23.9 Å². The Morgan fingerprint density at radius 1 is 1.06 bits per heavy atom. The molecular formula is C25H23ClN2O5. The van der Waals surface area contributed by atoms with Crippen molar-refractivity contribution in [3.05, 3.63) is 58.6 Å². The highest BCUT2D eigenvalue weighted by atomic mass is 35.5. The lowest BCUT2D eigenvalue weighted by Gasteiger charge is -2.19. The number of amides is 3. The number of fused-ring (bicyclic) bond motifs is 5. The third-order valence-corrected chi connectivity index (χ3v) is 7.46. The van der Waals surface area contributed by atoms with Gasteiger partial charge in [-0.15, -0.1) is 0 Å². The van der Waals surface area contributed by atoms with E-state index in [4.69, 9.17) is 16.3 Å². The number of carbonyl (C=O) groups excluding carboxylic acids is 4. The van der Waals surface area contributed by atoms with E-state index in [0.717, 1.165) is 24.8 Å². The number of hydrogen-bond acceptors (Lipinski definition) is 5. The van der Waals surface area contributed by atoms with E-state index in [1.165, 1.54) is 17.0 Å². The molecule has 0 unspecified atom stereocenters. The van der Waals surface area contributed by atoms with Crippen LogP contribution >= 0.6 is 11.6 Å². The first-order valence-corrected chi connectivity index (χ1v) is 11.4. The summed E-state index contributed by atoms with van der Waals surface area (Å²) < 4.78 is 5.13. The third-order valence-electron chi connectivity index (χ3n) is 7.06. The third kappa shape index (κ3) is 3.80. The Morgan fingerprint density at radius 2 is 1.76 bits per heavy atom. The van der Waals surface area contributed by atoms with Crippen LogP contribution in [-0.4, -0.2) is 30.3 Å². The summed E-state index contributed by atoms with van der Waals surface area (Å²) in [5.41, 5.74) is 1.91. The van der Waals surface area contributed by atoms with Crippen molar-refractivity contribution in [2.45, 2.75) is 26.2 Å². The second-order valence-electron chi connectivity index (χ2n) is 9.04. The highest BCUT2D eigenvalue weighted by molar-refractivity contribution is 6.31. The number of nitrogens with zero attached hydrogens (tertiary/aromatic N) is 1. The summed E-state index contributed by atoms with van der Waals surface area (Å²) >= 11 is 6.06. The summed E-state index contributed by atoms with van der Waals surface area (Å²) in [5, 5.41) is 3.14. The molecule has 4 atom stereocenters. The predicted molar refractivity (Wildman–Crippen MR) is 122 cm³/mol. The fraction of sp³-hybridized carbons (Fsp3) is 0.360. The zero-order valence-electron chi connectivity index (χ0n) is 18.0. The molecule has 0 aromatic heterocycles. The van der Waals surface area contributed by atoms with Gasteiger partial charge in [-0.25, -0.2) is 4.79 Å². The highest BCUT2D eigenvalue weighted by Gasteiger charge is 2.61. The van der Waals surface area contributed by atoms with Gasteiger partial charge in [0.25, 0.3) is 5.91 Å². The molecule has 1 saturated heterocycles. The number of rotatable bonds is 5. The molecule has 3 amide bonds. The van der Waals surface area contributed by atoms with Crippen molar-refractivity contribution in [3.8, 4) is 0 Å². The summed E-state index contributed by atoms with van der Waals surface area (Å²) in [6.07, 6.45) is 2.97. The number of imide groups is 1. The molecule has 1 aliphatic heterocycles. The van der Waals surface area contributed by atoms with E-state index in [2.05, 4.69) is 5.32 Å². The lowest BCUT2D eigenvalue weighted by Crippen LogP contribution is -2.32. The second-order valence-corrected chi connectivity index (χ2v) is 9.44. The highest BCUT2D eigenvalue weighted by Crippen LogP contribution is 2.56. The zero-order chi connectivity index (χ0) is 23.3. The van der Waals surface area contributed by atoms with Gasteiger partial charge in [0.05, 0.1) is 23.1 Å². The van der Waals surface area contributed by atoms with Crippen LogP contribution in [0.5, 0.6) is 0 Å². The number of hydrogen-bond donors (Lipinski definition) is 1.